The van der Waals surface area contributed by atoms with E-state index in [0.717, 1.165) is 19.3 Å². The molecule has 1 saturated carbocycles. The van der Waals surface area contributed by atoms with Gasteiger partial charge in [-0.1, -0.05) is 52.2 Å². The molecule has 0 aromatic carbocycles. The van der Waals surface area contributed by atoms with Crippen LogP contribution in [0.15, 0.2) is 23.0 Å². The summed E-state index contributed by atoms with van der Waals surface area (Å²) in [6.45, 7) is 32.6. The summed E-state index contributed by atoms with van der Waals surface area (Å²) >= 11 is 0. The van der Waals surface area contributed by atoms with Crippen molar-refractivity contribution in [2.24, 2.45) is 29.1 Å². The van der Waals surface area contributed by atoms with Gasteiger partial charge in [0, 0.05) is 12.5 Å². The van der Waals surface area contributed by atoms with Crippen LogP contribution in [0.2, 0.25) is 37.8 Å². The molecule has 0 bridgehead atoms. The van der Waals surface area contributed by atoms with Crippen molar-refractivity contribution < 1.29 is 8.85 Å². The number of rotatable bonds is 6. The minimum Gasteiger partial charge on any atom is -0.547 e. The van der Waals surface area contributed by atoms with Gasteiger partial charge >= 0.3 is 0 Å². The fourth-order valence-electron chi connectivity index (χ4n) is 6.19. The molecule has 0 saturated heterocycles. The van der Waals surface area contributed by atoms with Gasteiger partial charge in [0.1, 0.15) is 0 Å². The van der Waals surface area contributed by atoms with Gasteiger partial charge in [0.05, 0.1) is 11.7 Å². The molecule has 2 nitrogen and oxygen atoms in total. The molecule has 0 N–H and O–H groups in total. The van der Waals surface area contributed by atoms with E-state index in [9.17, 15) is 0 Å². The molecule has 2 rings (SSSR count). The third-order valence-electron chi connectivity index (χ3n) is 8.99. The van der Waals surface area contributed by atoms with Crippen molar-refractivity contribution in [1.82, 2.24) is 0 Å². The molecule has 2 aliphatic carbocycles. The van der Waals surface area contributed by atoms with E-state index in [0.29, 0.717) is 17.8 Å². The molecule has 0 spiro atoms. The largest absolute Gasteiger partial charge is 0.547 e. The maximum Gasteiger partial charge on any atom is 0.241 e. The van der Waals surface area contributed by atoms with Crippen molar-refractivity contribution in [3.63, 3.8) is 0 Å². The lowest BCUT2D eigenvalue weighted by molar-refractivity contribution is -0.101. The zero-order chi connectivity index (χ0) is 26.3. The Morgan fingerprint density at radius 3 is 2.21 bits per heavy atom. The molecule has 0 radical (unpaired) electrons. The smallest absolute Gasteiger partial charge is 0.241 e. The van der Waals surface area contributed by atoms with Gasteiger partial charge in [0.15, 0.2) is 8.32 Å². The van der Waals surface area contributed by atoms with E-state index in [1.807, 2.05) is 6.92 Å². The van der Waals surface area contributed by atoms with Gasteiger partial charge in [-0.2, -0.15) is 0 Å². The third-order valence-corrected chi connectivity index (χ3v) is 14.4. The van der Waals surface area contributed by atoms with Crippen LogP contribution in [-0.4, -0.2) is 22.7 Å². The monoisotopic (exact) mass is 502 g/mol. The molecule has 0 heterocycles. The Morgan fingerprint density at radius 2 is 1.74 bits per heavy atom. The first-order valence-corrected chi connectivity index (χ1v) is 19.8. The van der Waals surface area contributed by atoms with Gasteiger partial charge in [-0.15, -0.1) is 5.92 Å². The lowest BCUT2D eigenvalue weighted by Crippen LogP contribution is -2.58. The number of hydrogen-bond acceptors (Lipinski definition) is 2. The third kappa shape index (κ3) is 6.13. The predicted molar refractivity (Wildman–Crippen MR) is 154 cm³/mol. The lowest BCUT2D eigenvalue weighted by atomic mass is 9.47. The molecule has 194 valence electrons. The maximum absolute atomic E-state index is 7.27. The number of allylic oxidation sites excluding steroid dienone is 4. The second kappa shape index (κ2) is 10.3. The fraction of sp³-hybridized carbons (Fsp3) is 0.800. The van der Waals surface area contributed by atoms with Gasteiger partial charge < -0.3 is 8.85 Å². The van der Waals surface area contributed by atoms with Gasteiger partial charge in [-0.25, -0.2) is 0 Å². The van der Waals surface area contributed by atoms with E-state index >= 15 is 0 Å². The maximum atomic E-state index is 7.27. The highest BCUT2D eigenvalue weighted by Crippen LogP contribution is 2.61. The average molecular weight is 503 g/mol. The first kappa shape index (κ1) is 29.5. The summed E-state index contributed by atoms with van der Waals surface area (Å²) in [7, 11) is -3.64. The molecule has 4 heteroatoms. The Bertz CT molecular complexity index is 855. The van der Waals surface area contributed by atoms with Crippen molar-refractivity contribution >= 4 is 16.6 Å². The molecule has 0 aromatic heterocycles. The highest BCUT2D eigenvalue weighted by molar-refractivity contribution is 6.74. The van der Waals surface area contributed by atoms with E-state index in [4.69, 9.17) is 8.85 Å². The van der Waals surface area contributed by atoms with Crippen molar-refractivity contribution in [2.75, 3.05) is 0 Å². The quantitative estimate of drug-likeness (QED) is 0.205. The van der Waals surface area contributed by atoms with Crippen LogP contribution in [0.5, 0.6) is 0 Å². The molecule has 0 aliphatic heterocycles. The number of hydrogen-bond donors (Lipinski definition) is 0. The molecular formula is C30H54O2Si2. The summed E-state index contributed by atoms with van der Waals surface area (Å²) in [5.74, 6) is 10.1. The van der Waals surface area contributed by atoms with Gasteiger partial charge in [-0.05, 0) is 107 Å². The standard InChI is InChI=1S/C30H54O2Si2/c1-15-16-25-23(5)27(31-33(10,11)12)20-26-28(32-34(13,14)29(6,7)8)19-22(4)24(30(25,26)9)18-17-21(2)3/h17,22,24-26,28H,18-20H2,1-14H3/t22-,24+,25+,26-,28-,30+/m0/s1. The van der Waals surface area contributed by atoms with Crippen LogP contribution in [0.4, 0.5) is 0 Å². The van der Waals surface area contributed by atoms with Crippen LogP contribution < -0.4 is 0 Å². The molecule has 2 aliphatic rings. The summed E-state index contributed by atoms with van der Waals surface area (Å²) < 4.78 is 14.0. The summed E-state index contributed by atoms with van der Waals surface area (Å²) in [6, 6.07) is 0. The first-order chi connectivity index (χ1) is 15.3. The van der Waals surface area contributed by atoms with Gasteiger partial charge in [0.25, 0.3) is 0 Å². The predicted octanol–water partition coefficient (Wildman–Crippen LogP) is 9.18. The molecule has 34 heavy (non-hydrogen) atoms. The van der Waals surface area contributed by atoms with Gasteiger partial charge in [0.2, 0.25) is 8.32 Å². The fourth-order valence-corrected chi connectivity index (χ4v) is 8.54. The summed E-state index contributed by atoms with van der Waals surface area (Å²) in [4.78, 5) is 0. The van der Waals surface area contributed by atoms with Crippen LogP contribution in [0, 0.1) is 40.9 Å². The summed E-state index contributed by atoms with van der Waals surface area (Å²) in [5, 5.41) is 0.201. The SMILES string of the molecule is CC#C[C@@H]1C(C)=C(O[Si](C)(C)C)C[C@H]2[C@@H](O[Si](C)(C)C(C)(C)C)C[C@H](C)[C@@H](CC=C(C)C)[C@]12C. The van der Waals surface area contributed by atoms with E-state index in [1.165, 1.54) is 16.9 Å². The van der Waals surface area contributed by atoms with Gasteiger partial charge in [-0.3, -0.25) is 0 Å². The van der Waals surface area contributed by atoms with Crippen LogP contribution in [0.1, 0.15) is 81.6 Å². The van der Waals surface area contributed by atoms with E-state index in [-0.39, 0.29) is 22.5 Å². The molecule has 0 unspecified atom stereocenters. The second-order valence-electron chi connectivity index (χ2n) is 14.1. The first-order valence-electron chi connectivity index (χ1n) is 13.5. The Balaban J connectivity index is 2.69. The van der Waals surface area contributed by atoms with Crippen molar-refractivity contribution in [2.45, 2.75) is 125 Å². The molecule has 0 aromatic rings. The minimum absolute atomic E-state index is 0.0655. The zero-order valence-corrected chi connectivity index (χ0v) is 26.9. The van der Waals surface area contributed by atoms with Crippen LogP contribution in [0.25, 0.3) is 0 Å². The minimum atomic E-state index is -1.91. The van der Waals surface area contributed by atoms with Crippen LogP contribution in [-0.2, 0) is 8.85 Å². The Morgan fingerprint density at radius 1 is 1.15 bits per heavy atom. The summed E-state index contributed by atoms with van der Waals surface area (Å²) in [5.41, 5.74) is 2.85. The average Bonchev–Trinajstić information content (AvgIpc) is 2.64. The summed E-state index contributed by atoms with van der Waals surface area (Å²) in [6.07, 6.45) is 5.98. The normalized spacial score (nSPS) is 32.5. The highest BCUT2D eigenvalue weighted by atomic mass is 28.4. The zero-order valence-electron chi connectivity index (χ0n) is 24.9. The Hall–Kier alpha value is -0.766. The molecular weight excluding hydrogens is 449 g/mol. The molecule has 0 amide bonds. The molecule has 1 fully saturated rings. The Kier molecular flexibility index (Phi) is 8.93. The second-order valence-corrected chi connectivity index (χ2v) is 23.3. The van der Waals surface area contributed by atoms with Crippen molar-refractivity contribution in [1.29, 1.82) is 0 Å². The molecule has 6 atom stereocenters. The lowest BCUT2D eigenvalue weighted by Gasteiger charge is -2.60. The topological polar surface area (TPSA) is 18.5 Å². The van der Waals surface area contributed by atoms with E-state index in [2.05, 4.69) is 106 Å². The van der Waals surface area contributed by atoms with Crippen molar-refractivity contribution in [3.05, 3.63) is 23.0 Å². The Labute approximate surface area is 214 Å². The van der Waals surface area contributed by atoms with Crippen molar-refractivity contribution in [3.8, 4) is 11.8 Å². The van der Waals surface area contributed by atoms with E-state index < -0.39 is 16.6 Å². The van der Waals surface area contributed by atoms with Crippen LogP contribution >= 0.6 is 0 Å². The van der Waals surface area contributed by atoms with E-state index in [1.54, 1.807) is 0 Å². The van der Waals surface area contributed by atoms with Crippen LogP contribution in [0.3, 0.4) is 0 Å². The number of fused-ring (bicyclic) bond motifs is 1. The highest BCUT2D eigenvalue weighted by Gasteiger charge is 2.59.